The van der Waals surface area contributed by atoms with Crippen LogP contribution >= 0.6 is 0 Å². The van der Waals surface area contributed by atoms with Crippen molar-refractivity contribution in [2.24, 2.45) is 5.92 Å². The molecule has 1 aromatic rings. The highest BCUT2D eigenvalue weighted by Crippen LogP contribution is 2.47. The number of aliphatic carboxylic acids is 1. The molecule has 2 aliphatic heterocycles. The number of hydrogen-bond donors (Lipinski definition) is 2. The van der Waals surface area contributed by atoms with Crippen LogP contribution in [0.1, 0.15) is 17.9 Å². The summed E-state index contributed by atoms with van der Waals surface area (Å²) in [5.74, 6) is -1.10. The third-order valence-corrected chi connectivity index (χ3v) is 4.75. The average molecular weight is 276 g/mol. The van der Waals surface area contributed by atoms with Gasteiger partial charge in [0.1, 0.15) is 5.75 Å². The summed E-state index contributed by atoms with van der Waals surface area (Å²) in [4.78, 5) is 16.0. The van der Waals surface area contributed by atoms with E-state index in [2.05, 4.69) is 9.80 Å². The van der Waals surface area contributed by atoms with Gasteiger partial charge < -0.3 is 20.0 Å². The molecule has 2 N–H and O–H groups in total. The van der Waals surface area contributed by atoms with Crippen LogP contribution in [0.5, 0.6) is 5.75 Å². The molecule has 3 atom stereocenters. The highest BCUT2D eigenvalue weighted by Gasteiger charge is 2.46. The van der Waals surface area contributed by atoms with Crippen LogP contribution in [0.15, 0.2) is 18.2 Å². The van der Waals surface area contributed by atoms with Crippen LogP contribution in [0.2, 0.25) is 0 Å². The van der Waals surface area contributed by atoms with Gasteiger partial charge in [0.05, 0.1) is 11.6 Å². The number of para-hydroxylation sites is 1. The van der Waals surface area contributed by atoms with E-state index in [-0.39, 0.29) is 17.7 Å². The van der Waals surface area contributed by atoms with Crippen LogP contribution in [-0.2, 0) is 4.79 Å². The lowest BCUT2D eigenvalue weighted by Gasteiger charge is -2.49. The maximum atomic E-state index is 11.8. The third kappa shape index (κ3) is 1.85. The SMILES string of the molecule is CN1CCC2C(C1)C(C(=O)O)c1cccc(O)c1N2C. The molecular formula is C15H20N2O3. The number of phenolic OH excluding ortho intramolecular Hbond substituents is 1. The van der Waals surface area contributed by atoms with Crippen molar-refractivity contribution in [3.63, 3.8) is 0 Å². The quantitative estimate of drug-likeness (QED) is 0.810. The van der Waals surface area contributed by atoms with E-state index in [0.717, 1.165) is 25.1 Å². The van der Waals surface area contributed by atoms with Crippen molar-refractivity contribution < 1.29 is 15.0 Å². The zero-order valence-corrected chi connectivity index (χ0v) is 11.8. The van der Waals surface area contributed by atoms with Crippen molar-refractivity contribution in [1.29, 1.82) is 0 Å². The Morgan fingerprint density at radius 3 is 2.80 bits per heavy atom. The van der Waals surface area contributed by atoms with Crippen molar-refractivity contribution in [2.75, 3.05) is 32.1 Å². The van der Waals surface area contributed by atoms with Gasteiger partial charge in [0, 0.05) is 25.6 Å². The molecule has 2 heterocycles. The van der Waals surface area contributed by atoms with Crippen molar-refractivity contribution in [1.82, 2.24) is 4.90 Å². The zero-order chi connectivity index (χ0) is 14.4. The van der Waals surface area contributed by atoms with E-state index in [4.69, 9.17) is 0 Å². The molecule has 108 valence electrons. The van der Waals surface area contributed by atoms with Crippen LogP contribution in [0.3, 0.4) is 0 Å². The van der Waals surface area contributed by atoms with E-state index in [0.29, 0.717) is 5.69 Å². The topological polar surface area (TPSA) is 64.0 Å². The number of piperidine rings is 1. The Morgan fingerprint density at radius 2 is 2.10 bits per heavy atom. The normalized spacial score (nSPS) is 29.7. The Labute approximate surface area is 118 Å². The first-order valence-corrected chi connectivity index (χ1v) is 6.96. The van der Waals surface area contributed by atoms with Crippen LogP contribution < -0.4 is 4.90 Å². The maximum absolute atomic E-state index is 11.8. The first-order valence-electron chi connectivity index (χ1n) is 6.96. The second-order valence-electron chi connectivity index (χ2n) is 5.92. The van der Waals surface area contributed by atoms with Crippen molar-refractivity contribution in [3.8, 4) is 5.75 Å². The molecule has 3 unspecified atom stereocenters. The van der Waals surface area contributed by atoms with E-state index in [9.17, 15) is 15.0 Å². The van der Waals surface area contributed by atoms with Gasteiger partial charge in [0.25, 0.3) is 0 Å². The number of carboxylic acid groups (broad SMARTS) is 1. The summed E-state index contributed by atoms with van der Waals surface area (Å²) in [6.45, 7) is 1.74. The lowest BCUT2D eigenvalue weighted by Crippen LogP contribution is -2.55. The second-order valence-corrected chi connectivity index (χ2v) is 5.92. The van der Waals surface area contributed by atoms with Crippen molar-refractivity contribution in [3.05, 3.63) is 23.8 Å². The van der Waals surface area contributed by atoms with Crippen LogP contribution in [0.25, 0.3) is 0 Å². The lowest BCUT2D eigenvalue weighted by molar-refractivity contribution is -0.141. The van der Waals surface area contributed by atoms with Gasteiger partial charge >= 0.3 is 5.97 Å². The van der Waals surface area contributed by atoms with Gasteiger partial charge in [-0.05, 0) is 31.6 Å². The Bertz CT molecular complexity index is 546. The zero-order valence-electron chi connectivity index (χ0n) is 11.8. The maximum Gasteiger partial charge on any atom is 0.311 e. The van der Waals surface area contributed by atoms with Crippen LogP contribution in [-0.4, -0.2) is 54.3 Å². The minimum atomic E-state index is -0.796. The Hall–Kier alpha value is -1.75. The van der Waals surface area contributed by atoms with Gasteiger partial charge in [-0.1, -0.05) is 12.1 Å². The smallest absolute Gasteiger partial charge is 0.311 e. The highest BCUT2D eigenvalue weighted by atomic mass is 16.4. The van der Waals surface area contributed by atoms with E-state index in [1.807, 2.05) is 20.2 Å². The summed E-state index contributed by atoms with van der Waals surface area (Å²) in [5, 5.41) is 19.8. The van der Waals surface area contributed by atoms with Gasteiger partial charge in [0.15, 0.2) is 0 Å². The van der Waals surface area contributed by atoms with Gasteiger partial charge in [-0.3, -0.25) is 4.79 Å². The Kier molecular flexibility index (Phi) is 3.09. The van der Waals surface area contributed by atoms with E-state index in [1.165, 1.54) is 0 Å². The van der Waals surface area contributed by atoms with Crippen molar-refractivity contribution >= 4 is 11.7 Å². The number of likely N-dealkylation sites (tertiary alicyclic amines) is 1. The first kappa shape index (κ1) is 13.2. The number of carboxylic acids is 1. The number of hydrogen-bond acceptors (Lipinski definition) is 4. The minimum Gasteiger partial charge on any atom is -0.506 e. The molecule has 2 aliphatic rings. The average Bonchev–Trinajstić information content (AvgIpc) is 2.38. The standard InChI is InChI=1S/C15H20N2O3/c1-16-7-6-11-10(8-16)13(15(19)20)9-4-3-5-12(18)14(9)17(11)2/h3-5,10-11,13,18H,6-8H2,1-2H3,(H,19,20). The first-order chi connectivity index (χ1) is 9.50. The number of phenols is 1. The third-order valence-electron chi connectivity index (χ3n) is 4.75. The predicted octanol–water partition coefficient (Wildman–Crippen LogP) is 1.33. The highest BCUT2D eigenvalue weighted by molar-refractivity contribution is 5.83. The summed E-state index contributed by atoms with van der Waals surface area (Å²) in [7, 11) is 3.99. The lowest BCUT2D eigenvalue weighted by atomic mass is 9.73. The molecule has 0 radical (unpaired) electrons. The predicted molar refractivity (Wildman–Crippen MR) is 76.3 cm³/mol. The number of rotatable bonds is 1. The summed E-state index contributed by atoms with van der Waals surface area (Å²) >= 11 is 0. The number of fused-ring (bicyclic) bond motifs is 2. The number of aromatic hydroxyl groups is 1. The fourth-order valence-corrected chi connectivity index (χ4v) is 3.84. The molecule has 0 aromatic heterocycles. The molecule has 0 saturated carbocycles. The second kappa shape index (κ2) is 4.66. The Balaban J connectivity index is 2.14. The van der Waals surface area contributed by atoms with Crippen LogP contribution in [0.4, 0.5) is 5.69 Å². The van der Waals surface area contributed by atoms with Gasteiger partial charge in [-0.25, -0.2) is 0 Å². The largest absolute Gasteiger partial charge is 0.506 e. The number of anilines is 1. The summed E-state index contributed by atoms with van der Waals surface area (Å²) in [6.07, 6.45) is 0.926. The number of nitrogens with zero attached hydrogens (tertiary/aromatic N) is 2. The molecule has 20 heavy (non-hydrogen) atoms. The van der Waals surface area contributed by atoms with Gasteiger partial charge in [-0.15, -0.1) is 0 Å². The van der Waals surface area contributed by atoms with Gasteiger partial charge in [0.2, 0.25) is 0 Å². The van der Waals surface area contributed by atoms with Gasteiger partial charge in [-0.2, -0.15) is 0 Å². The van der Waals surface area contributed by atoms with Crippen LogP contribution in [0, 0.1) is 5.92 Å². The molecule has 0 amide bonds. The molecule has 5 nitrogen and oxygen atoms in total. The van der Waals surface area contributed by atoms with E-state index in [1.54, 1.807) is 12.1 Å². The fourth-order valence-electron chi connectivity index (χ4n) is 3.84. The summed E-state index contributed by atoms with van der Waals surface area (Å²) in [6, 6.07) is 5.36. The molecule has 1 saturated heterocycles. The molecule has 0 spiro atoms. The molecule has 1 fully saturated rings. The Morgan fingerprint density at radius 1 is 1.35 bits per heavy atom. The molecule has 0 aliphatic carbocycles. The van der Waals surface area contributed by atoms with Crippen molar-refractivity contribution in [2.45, 2.75) is 18.4 Å². The fraction of sp³-hybridized carbons (Fsp3) is 0.533. The summed E-state index contributed by atoms with van der Waals surface area (Å²) in [5.41, 5.74) is 1.42. The molecule has 0 bridgehead atoms. The number of carbonyl (C=O) groups is 1. The van der Waals surface area contributed by atoms with E-state index < -0.39 is 11.9 Å². The molecular weight excluding hydrogens is 256 g/mol. The molecule has 1 aromatic carbocycles. The summed E-state index contributed by atoms with van der Waals surface area (Å²) < 4.78 is 0. The molecule has 3 rings (SSSR count). The molecule has 5 heteroatoms. The minimum absolute atomic E-state index is 0.0607. The van der Waals surface area contributed by atoms with E-state index >= 15 is 0 Å². The number of benzene rings is 1. The monoisotopic (exact) mass is 276 g/mol.